The summed E-state index contributed by atoms with van der Waals surface area (Å²) < 4.78 is 14.4. The molecule has 0 radical (unpaired) electrons. The molecule has 0 spiro atoms. The monoisotopic (exact) mass is 857 g/mol. The number of para-hydroxylation sites is 2. The van der Waals surface area contributed by atoms with Crippen molar-refractivity contribution in [1.29, 1.82) is 0 Å². The summed E-state index contributed by atoms with van der Waals surface area (Å²) in [6, 6.07) is 81.4. The van der Waals surface area contributed by atoms with Gasteiger partial charge in [-0.2, -0.15) is 0 Å². The van der Waals surface area contributed by atoms with Crippen molar-refractivity contribution in [1.82, 2.24) is 0 Å². The van der Waals surface area contributed by atoms with Gasteiger partial charge in [0, 0.05) is 38.4 Å². The predicted molar refractivity (Wildman–Crippen MR) is 276 cm³/mol. The molecule has 6 heteroatoms. The molecule has 14 rings (SSSR count). The van der Waals surface area contributed by atoms with E-state index in [0.29, 0.717) is 0 Å². The van der Waals surface area contributed by atoms with Crippen molar-refractivity contribution in [2.24, 2.45) is 0 Å². The minimum atomic E-state index is -0.111. The molecule has 0 N–H and O–H groups in total. The zero-order valence-corrected chi connectivity index (χ0v) is 36.5. The van der Waals surface area contributed by atoms with Crippen LogP contribution in [0.25, 0.3) is 44.5 Å². The highest BCUT2D eigenvalue weighted by atomic mass is 32.2. The molecule has 0 atom stereocenters. The van der Waals surface area contributed by atoms with E-state index in [9.17, 15) is 0 Å². The van der Waals surface area contributed by atoms with Gasteiger partial charge >= 0.3 is 0 Å². The number of ether oxygens (including phenoxy) is 2. The van der Waals surface area contributed by atoms with Gasteiger partial charge in [-0.1, -0.05) is 199 Å². The van der Waals surface area contributed by atoms with Crippen LogP contribution < -0.4 is 47.2 Å². The van der Waals surface area contributed by atoms with Crippen LogP contribution in [0.3, 0.4) is 0 Å². The third kappa shape index (κ3) is 5.75. The summed E-state index contributed by atoms with van der Waals surface area (Å²) in [6.07, 6.45) is 0. The normalized spacial score (nSPS) is 13.2. The predicted octanol–water partition coefficient (Wildman–Crippen LogP) is 11.8. The largest absolute Gasteiger partial charge is 0.458 e. The Hall–Kier alpha value is -7.92. The van der Waals surface area contributed by atoms with E-state index in [4.69, 9.17) is 9.47 Å². The first-order valence-corrected chi connectivity index (χ1v) is 23.4. The molecule has 306 valence electrons. The summed E-state index contributed by atoms with van der Waals surface area (Å²) in [5.41, 5.74) is 19.8. The lowest BCUT2D eigenvalue weighted by Crippen LogP contribution is -2.62. The van der Waals surface area contributed by atoms with Crippen molar-refractivity contribution in [3.8, 4) is 67.5 Å². The van der Waals surface area contributed by atoms with Crippen LogP contribution in [0, 0.1) is 0 Å². The van der Waals surface area contributed by atoms with Crippen LogP contribution in [-0.2, 0) is 0 Å². The maximum Gasteiger partial charge on any atom is 0.256 e. The average molecular weight is 858 g/mol. The van der Waals surface area contributed by atoms with E-state index in [2.05, 4.69) is 229 Å². The molecule has 10 aromatic carbocycles. The van der Waals surface area contributed by atoms with Crippen LogP contribution in [-0.4, -0.2) is 13.4 Å². The molecule has 0 unspecified atom stereocenters. The number of rotatable bonds is 5. The summed E-state index contributed by atoms with van der Waals surface area (Å²) in [7, 11) is 0. The van der Waals surface area contributed by atoms with Gasteiger partial charge in [-0.15, -0.1) is 0 Å². The van der Waals surface area contributed by atoms with Gasteiger partial charge in [0.2, 0.25) is 0 Å². The van der Waals surface area contributed by atoms with Gasteiger partial charge in [0.05, 0.1) is 5.69 Å². The van der Waals surface area contributed by atoms with Crippen molar-refractivity contribution in [2.45, 2.75) is 9.79 Å². The maximum atomic E-state index is 7.33. The molecule has 3 nitrogen and oxygen atoms in total. The smallest absolute Gasteiger partial charge is 0.256 e. The molecule has 10 aromatic rings. The highest BCUT2D eigenvalue weighted by Gasteiger charge is 2.46. The van der Waals surface area contributed by atoms with Gasteiger partial charge in [-0.05, 0) is 97.1 Å². The maximum absolute atomic E-state index is 7.33. The van der Waals surface area contributed by atoms with Crippen molar-refractivity contribution in [3.05, 3.63) is 224 Å². The fourth-order valence-electron chi connectivity index (χ4n) is 11.0. The summed E-state index contributed by atoms with van der Waals surface area (Å²) in [5, 5.41) is 0. The molecule has 4 aliphatic heterocycles. The fourth-order valence-corrected chi connectivity index (χ4v) is 12.2. The van der Waals surface area contributed by atoms with Crippen LogP contribution in [0.2, 0.25) is 0 Å². The van der Waals surface area contributed by atoms with E-state index < -0.39 is 0 Å². The molecule has 0 aliphatic carbocycles. The molecule has 0 amide bonds. The summed E-state index contributed by atoms with van der Waals surface area (Å²) in [4.78, 5) is 5.04. The Morgan fingerprint density at radius 2 is 0.818 bits per heavy atom. The average Bonchev–Trinajstić information content (AvgIpc) is 3.38. The van der Waals surface area contributed by atoms with Crippen LogP contribution in [0.5, 0.6) is 23.0 Å². The lowest BCUT2D eigenvalue weighted by Gasteiger charge is -2.42. The van der Waals surface area contributed by atoms with Crippen LogP contribution in [0.1, 0.15) is 0 Å². The molecule has 66 heavy (non-hydrogen) atoms. The first-order chi connectivity index (χ1) is 32.7. The topological polar surface area (TPSA) is 21.7 Å². The van der Waals surface area contributed by atoms with Gasteiger partial charge in [0.15, 0.2) is 0 Å². The molecule has 4 heterocycles. The molecule has 4 aliphatic rings. The van der Waals surface area contributed by atoms with Gasteiger partial charge in [0.25, 0.3) is 13.4 Å². The second-order valence-electron chi connectivity index (χ2n) is 17.5. The minimum absolute atomic E-state index is 0.00541. The number of benzene rings is 10. The Morgan fingerprint density at radius 3 is 1.44 bits per heavy atom. The Bertz CT molecular complexity index is 3530. The molecule has 0 bridgehead atoms. The van der Waals surface area contributed by atoms with E-state index in [1.54, 1.807) is 0 Å². The molecular formula is C60H37B2NO2S. The highest BCUT2D eigenvalue weighted by molar-refractivity contribution is 8.00. The second kappa shape index (κ2) is 14.8. The zero-order chi connectivity index (χ0) is 43.3. The quantitative estimate of drug-likeness (QED) is 0.161. The van der Waals surface area contributed by atoms with E-state index >= 15 is 0 Å². The fraction of sp³-hybridized carbons (Fsp3) is 0. The van der Waals surface area contributed by atoms with Crippen molar-refractivity contribution in [2.75, 3.05) is 4.90 Å². The van der Waals surface area contributed by atoms with E-state index in [1.165, 1.54) is 31.7 Å². The third-order valence-electron chi connectivity index (χ3n) is 13.8. The minimum Gasteiger partial charge on any atom is -0.458 e. The summed E-state index contributed by atoms with van der Waals surface area (Å²) in [5.74, 6) is 3.41. The highest BCUT2D eigenvalue weighted by Crippen LogP contribution is 2.50. The summed E-state index contributed by atoms with van der Waals surface area (Å²) in [6.45, 7) is -0.117. The number of fused-ring (bicyclic) bond motifs is 8. The molecule has 0 aromatic heterocycles. The molecule has 0 saturated heterocycles. The van der Waals surface area contributed by atoms with Crippen LogP contribution in [0.15, 0.2) is 234 Å². The van der Waals surface area contributed by atoms with E-state index in [1.807, 2.05) is 11.8 Å². The lowest BCUT2D eigenvalue weighted by atomic mass is 9.31. The Balaban J connectivity index is 1.02. The van der Waals surface area contributed by atoms with Crippen molar-refractivity contribution < 1.29 is 9.47 Å². The number of anilines is 3. The first kappa shape index (κ1) is 37.5. The van der Waals surface area contributed by atoms with Crippen molar-refractivity contribution >= 4 is 75.0 Å². The zero-order valence-electron chi connectivity index (χ0n) is 35.7. The summed E-state index contributed by atoms with van der Waals surface area (Å²) >= 11 is 1.85. The third-order valence-corrected chi connectivity index (χ3v) is 15.0. The molecular weight excluding hydrogens is 820 g/mol. The number of nitrogens with zero attached hydrogens (tertiary/aromatic N) is 1. The van der Waals surface area contributed by atoms with Gasteiger partial charge in [0.1, 0.15) is 23.0 Å². The van der Waals surface area contributed by atoms with E-state index in [0.717, 1.165) is 95.4 Å². The molecule has 0 fully saturated rings. The number of hydrogen-bond acceptors (Lipinski definition) is 4. The number of hydrogen-bond donors (Lipinski definition) is 0. The van der Waals surface area contributed by atoms with Crippen LogP contribution >= 0.6 is 11.8 Å². The van der Waals surface area contributed by atoms with E-state index in [-0.39, 0.29) is 13.4 Å². The Labute approximate surface area is 389 Å². The standard InChI is InChI=1S/C60H37B2NO2S/c1-5-18-38(19-6-1)42-32-51-58-54(33-42)64-52-37-53-49(62-47-29-14-16-31-56(47)66-57-35-43(34-55(65-53)59(57)62)39-20-7-2-8-21-39)36-48(52)61(58)46-28-13-15-30-50(46)63(51)60-44(40-22-9-3-10-23-40)26-17-27-45(60)41-24-11-4-12-25-41/h1-37H. The lowest BCUT2D eigenvalue weighted by molar-refractivity contribution is 0.465. The second-order valence-corrected chi connectivity index (χ2v) is 18.6. The Morgan fingerprint density at radius 1 is 0.318 bits per heavy atom. The van der Waals surface area contributed by atoms with Crippen molar-refractivity contribution in [3.63, 3.8) is 0 Å². The molecule has 0 saturated carbocycles. The van der Waals surface area contributed by atoms with Gasteiger partial charge in [-0.25, -0.2) is 0 Å². The van der Waals surface area contributed by atoms with Crippen LogP contribution in [0.4, 0.5) is 17.1 Å². The first-order valence-electron chi connectivity index (χ1n) is 22.6. The van der Waals surface area contributed by atoms with Gasteiger partial charge < -0.3 is 14.4 Å². The van der Waals surface area contributed by atoms with Gasteiger partial charge in [-0.3, -0.25) is 0 Å². The Kier molecular flexibility index (Phi) is 8.41. The SMILES string of the molecule is c1ccc(-c2cc3c4c(c2)Sc2ccccc2B4c2cc4c(cc2O3)Oc2cc(-c3ccccc3)cc3c2B4c2ccccc2N3c2c(-c3ccccc3)cccc2-c2ccccc2)cc1.